The van der Waals surface area contributed by atoms with E-state index in [-0.39, 0.29) is 12.5 Å². The summed E-state index contributed by atoms with van der Waals surface area (Å²) in [6.07, 6.45) is 1.52. The van der Waals surface area contributed by atoms with E-state index < -0.39 is 5.41 Å². The Labute approximate surface area is 86.9 Å². The molecule has 0 saturated carbocycles. The highest BCUT2D eigenvalue weighted by atomic mass is 16.3. The number of rotatable bonds is 6. The first-order chi connectivity index (χ1) is 6.40. The molecule has 84 valence electrons. The van der Waals surface area contributed by atoms with Crippen LogP contribution < -0.4 is 5.32 Å². The van der Waals surface area contributed by atoms with Crippen molar-refractivity contribution in [3.05, 3.63) is 0 Å². The molecule has 14 heavy (non-hydrogen) atoms. The smallest absolute Gasteiger partial charge is 0.225 e. The maximum Gasteiger partial charge on any atom is 0.225 e. The van der Waals surface area contributed by atoms with Gasteiger partial charge in [-0.15, -0.1) is 0 Å². The quantitative estimate of drug-likeness (QED) is 0.685. The SMILES string of the molecule is CC(C)CCNC(=O)C(C)(C)CCO. The lowest BCUT2D eigenvalue weighted by molar-refractivity contribution is -0.130. The summed E-state index contributed by atoms with van der Waals surface area (Å²) in [4.78, 5) is 11.6. The Morgan fingerprint density at radius 3 is 2.43 bits per heavy atom. The maximum absolute atomic E-state index is 11.6. The van der Waals surface area contributed by atoms with Gasteiger partial charge < -0.3 is 10.4 Å². The van der Waals surface area contributed by atoms with Crippen molar-refractivity contribution in [3.63, 3.8) is 0 Å². The predicted molar refractivity (Wildman–Crippen MR) is 57.9 cm³/mol. The molecule has 0 aromatic carbocycles. The zero-order valence-electron chi connectivity index (χ0n) is 9.76. The van der Waals surface area contributed by atoms with Gasteiger partial charge in [0, 0.05) is 18.6 Å². The van der Waals surface area contributed by atoms with Gasteiger partial charge in [-0.2, -0.15) is 0 Å². The highest BCUT2D eigenvalue weighted by Crippen LogP contribution is 2.19. The van der Waals surface area contributed by atoms with Crippen LogP contribution in [0.4, 0.5) is 0 Å². The second kappa shape index (κ2) is 6.02. The van der Waals surface area contributed by atoms with Crippen molar-refractivity contribution in [2.45, 2.75) is 40.5 Å². The minimum Gasteiger partial charge on any atom is -0.396 e. The zero-order valence-corrected chi connectivity index (χ0v) is 9.76. The van der Waals surface area contributed by atoms with Gasteiger partial charge in [0.25, 0.3) is 0 Å². The number of nitrogens with one attached hydrogen (secondary N) is 1. The van der Waals surface area contributed by atoms with Gasteiger partial charge in [0.1, 0.15) is 0 Å². The van der Waals surface area contributed by atoms with Crippen LogP contribution in [0, 0.1) is 11.3 Å². The molecule has 0 aromatic heterocycles. The van der Waals surface area contributed by atoms with Crippen molar-refractivity contribution in [1.29, 1.82) is 0 Å². The summed E-state index contributed by atoms with van der Waals surface area (Å²) >= 11 is 0. The Morgan fingerprint density at radius 2 is 2.00 bits per heavy atom. The van der Waals surface area contributed by atoms with E-state index in [1.807, 2.05) is 13.8 Å². The first-order valence-corrected chi connectivity index (χ1v) is 5.29. The minimum atomic E-state index is -0.453. The highest BCUT2D eigenvalue weighted by Gasteiger charge is 2.26. The highest BCUT2D eigenvalue weighted by molar-refractivity contribution is 5.81. The van der Waals surface area contributed by atoms with Gasteiger partial charge in [-0.1, -0.05) is 27.7 Å². The fourth-order valence-electron chi connectivity index (χ4n) is 1.11. The standard InChI is InChI=1S/C11H23NO2/c1-9(2)5-7-12-10(14)11(3,4)6-8-13/h9,13H,5-8H2,1-4H3,(H,12,14). The third-order valence-corrected chi connectivity index (χ3v) is 2.36. The Bertz CT molecular complexity index is 176. The molecule has 0 atom stereocenters. The summed E-state index contributed by atoms with van der Waals surface area (Å²) in [5.41, 5.74) is -0.453. The van der Waals surface area contributed by atoms with Crippen molar-refractivity contribution < 1.29 is 9.90 Å². The van der Waals surface area contributed by atoms with Crippen LogP contribution >= 0.6 is 0 Å². The van der Waals surface area contributed by atoms with Crippen LogP contribution in [0.5, 0.6) is 0 Å². The molecular formula is C11H23NO2. The maximum atomic E-state index is 11.6. The average Bonchev–Trinajstić information content (AvgIpc) is 2.03. The summed E-state index contributed by atoms with van der Waals surface area (Å²) in [6.45, 7) is 8.76. The third kappa shape index (κ3) is 5.22. The molecule has 0 saturated heterocycles. The van der Waals surface area contributed by atoms with Crippen molar-refractivity contribution in [1.82, 2.24) is 5.32 Å². The lowest BCUT2D eigenvalue weighted by atomic mass is 9.88. The Hall–Kier alpha value is -0.570. The first kappa shape index (κ1) is 13.4. The molecule has 2 N–H and O–H groups in total. The van der Waals surface area contributed by atoms with Gasteiger partial charge in [0.15, 0.2) is 0 Å². The van der Waals surface area contributed by atoms with Gasteiger partial charge in [-0.3, -0.25) is 4.79 Å². The van der Waals surface area contributed by atoms with E-state index in [0.717, 1.165) is 13.0 Å². The molecule has 0 rings (SSSR count). The van der Waals surface area contributed by atoms with Crippen LogP contribution in [-0.2, 0) is 4.79 Å². The molecule has 0 aliphatic carbocycles. The molecule has 0 aliphatic rings. The van der Waals surface area contributed by atoms with E-state index in [4.69, 9.17) is 5.11 Å². The molecule has 0 aliphatic heterocycles. The van der Waals surface area contributed by atoms with E-state index in [9.17, 15) is 4.79 Å². The van der Waals surface area contributed by atoms with Gasteiger partial charge >= 0.3 is 0 Å². The van der Waals surface area contributed by atoms with Gasteiger partial charge in [0.05, 0.1) is 0 Å². The Morgan fingerprint density at radius 1 is 1.43 bits per heavy atom. The molecule has 3 nitrogen and oxygen atoms in total. The average molecular weight is 201 g/mol. The number of carbonyl (C=O) groups excluding carboxylic acids is 1. The van der Waals surface area contributed by atoms with E-state index in [0.29, 0.717) is 12.3 Å². The predicted octanol–water partition coefficient (Wildman–Crippen LogP) is 1.56. The summed E-state index contributed by atoms with van der Waals surface area (Å²) < 4.78 is 0. The van der Waals surface area contributed by atoms with Crippen LogP contribution in [0.1, 0.15) is 40.5 Å². The fraction of sp³-hybridized carbons (Fsp3) is 0.909. The number of carbonyl (C=O) groups is 1. The van der Waals surface area contributed by atoms with E-state index in [1.54, 1.807) is 0 Å². The van der Waals surface area contributed by atoms with Crippen LogP contribution in [0.3, 0.4) is 0 Å². The molecule has 3 heteroatoms. The largest absolute Gasteiger partial charge is 0.396 e. The van der Waals surface area contributed by atoms with Crippen LogP contribution in [-0.4, -0.2) is 24.2 Å². The Balaban J connectivity index is 3.83. The lowest BCUT2D eigenvalue weighted by Crippen LogP contribution is -2.38. The fourth-order valence-corrected chi connectivity index (χ4v) is 1.11. The molecular weight excluding hydrogens is 178 g/mol. The normalized spacial score (nSPS) is 11.9. The molecule has 1 amide bonds. The second-order valence-electron chi connectivity index (χ2n) is 4.80. The molecule has 0 unspecified atom stereocenters. The molecule has 0 aromatic rings. The third-order valence-electron chi connectivity index (χ3n) is 2.36. The molecule has 0 bridgehead atoms. The van der Waals surface area contributed by atoms with E-state index in [1.165, 1.54) is 0 Å². The summed E-state index contributed by atoms with van der Waals surface area (Å²) in [6, 6.07) is 0. The summed E-state index contributed by atoms with van der Waals surface area (Å²) in [7, 11) is 0. The Kier molecular flexibility index (Phi) is 5.77. The molecule has 0 radical (unpaired) electrons. The van der Waals surface area contributed by atoms with Gasteiger partial charge in [-0.25, -0.2) is 0 Å². The molecule has 0 heterocycles. The van der Waals surface area contributed by atoms with Crippen LogP contribution in [0.2, 0.25) is 0 Å². The number of aliphatic hydroxyl groups is 1. The van der Waals surface area contributed by atoms with E-state index in [2.05, 4.69) is 19.2 Å². The van der Waals surface area contributed by atoms with Crippen molar-refractivity contribution in [3.8, 4) is 0 Å². The lowest BCUT2D eigenvalue weighted by Gasteiger charge is -2.22. The summed E-state index contributed by atoms with van der Waals surface area (Å²) in [5, 5.41) is 11.7. The van der Waals surface area contributed by atoms with Crippen LogP contribution in [0.15, 0.2) is 0 Å². The number of amides is 1. The first-order valence-electron chi connectivity index (χ1n) is 5.29. The summed E-state index contributed by atoms with van der Waals surface area (Å²) in [5.74, 6) is 0.642. The monoisotopic (exact) mass is 201 g/mol. The van der Waals surface area contributed by atoms with Crippen molar-refractivity contribution >= 4 is 5.91 Å². The number of aliphatic hydroxyl groups excluding tert-OH is 1. The van der Waals surface area contributed by atoms with Crippen LogP contribution in [0.25, 0.3) is 0 Å². The molecule has 0 fully saturated rings. The second-order valence-corrected chi connectivity index (χ2v) is 4.80. The van der Waals surface area contributed by atoms with Gasteiger partial charge in [0.2, 0.25) is 5.91 Å². The van der Waals surface area contributed by atoms with Crippen molar-refractivity contribution in [2.24, 2.45) is 11.3 Å². The topological polar surface area (TPSA) is 49.3 Å². The minimum absolute atomic E-state index is 0.0344. The molecule has 0 spiro atoms. The number of hydrogen-bond donors (Lipinski definition) is 2. The number of hydrogen-bond acceptors (Lipinski definition) is 2. The van der Waals surface area contributed by atoms with E-state index >= 15 is 0 Å². The van der Waals surface area contributed by atoms with Gasteiger partial charge in [-0.05, 0) is 18.8 Å². The van der Waals surface area contributed by atoms with Crippen molar-refractivity contribution in [2.75, 3.05) is 13.2 Å². The zero-order chi connectivity index (χ0) is 11.2.